The predicted octanol–water partition coefficient (Wildman–Crippen LogP) is 2.99. The van der Waals surface area contributed by atoms with E-state index in [0.717, 1.165) is 35.3 Å². The molecule has 1 aliphatic rings. The average molecular weight is 328 g/mol. The third-order valence-corrected chi connectivity index (χ3v) is 5.86. The lowest BCUT2D eigenvalue weighted by Crippen LogP contribution is -2.22. The van der Waals surface area contributed by atoms with Crippen LogP contribution in [0, 0.1) is 0 Å². The van der Waals surface area contributed by atoms with Crippen molar-refractivity contribution in [2.45, 2.75) is 52.1 Å². The minimum atomic E-state index is 0.0956. The molecule has 0 bridgehead atoms. The molecule has 6 heteroatoms. The molecule has 3 aromatic heterocycles. The predicted molar refractivity (Wildman–Crippen MR) is 92.1 cm³/mol. The first-order valence-corrected chi connectivity index (χ1v) is 9.08. The number of aryl methyl sites for hydroxylation is 3. The molecule has 0 radical (unpaired) electrons. The van der Waals surface area contributed by atoms with Gasteiger partial charge in [0, 0.05) is 17.6 Å². The van der Waals surface area contributed by atoms with Crippen LogP contribution in [0.5, 0.6) is 0 Å². The molecule has 0 unspecified atom stereocenters. The molecule has 3 heterocycles. The lowest BCUT2D eigenvalue weighted by molar-refractivity contribution is 0.652. The van der Waals surface area contributed by atoms with Crippen LogP contribution in [0.3, 0.4) is 0 Å². The fraction of sp³-hybridized carbons (Fsp3) is 0.471. The van der Waals surface area contributed by atoms with Crippen molar-refractivity contribution in [2.24, 2.45) is 0 Å². The molecule has 0 saturated carbocycles. The zero-order valence-corrected chi connectivity index (χ0v) is 14.1. The number of thiophene rings is 1. The van der Waals surface area contributed by atoms with Gasteiger partial charge in [0.1, 0.15) is 4.83 Å². The van der Waals surface area contributed by atoms with Crippen LogP contribution in [-0.2, 0) is 25.9 Å². The van der Waals surface area contributed by atoms with E-state index in [1.165, 1.54) is 29.7 Å². The SMILES string of the molecule is CCn1cncc1Cn1cnc2sc3c(c2c1=O)CCCCC3. The van der Waals surface area contributed by atoms with Gasteiger partial charge in [-0.05, 0) is 38.2 Å². The number of hydrogen-bond donors (Lipinski definition) is 0. The highest BCUT2D eigenvalue weighted by atomic mass is 32.1. The van der Waals surface area contributed by atoms with E-state index in [2.05, 4.69) is 21.5 Å². The Bertz CT molecular complexity index is 905. The van der Waals surface area contributed by atoms with Crippen LogP contribution in [0.2, 0.25) is 0 Å². The molecule has 120 valence electrons. The molecule has 0 amide bonds. The second-order valence-electron chi connectivity index (χ2n) is 6.09. The Hall–Kier alpha value is -1.95. The molecular weight excluding hydrogens is 308 g/mol. The van der Waals surface area contributed by atoms with E-state index in [1.54, 1.807) is 22.2 Å². The summed E-state index contributed by atoms with van der Waals surface area (Å²) in [5.41, 5.74) is 2.40. The summed E-state index contributed by atoms with van der Waals surface area (Å²) in [7, 11) is 0. The second-order valence-corrected chi connectivity index (χ2v) is 7.18. The minimum absolute atomic E-state index is 0.0956. The number of rotatable bonds is 3. The van der Waals surface area contributed by atoms with Gasteiger partial charge in [0.25, 0.3) is 5.56 Å². The van der Waals surface area contributed by atoms with Crippen LogP contribution in [0.1, 0.15) is 42.3 Å². The third-order valence-electron chi connectivity index (χ3n) is 4.66. The van der Waals surface area contributed by atoms with E-state index >= 15 is 0 Å². The first-order valence-electron chi connectivity index (χ1n) is 8.26. The van der Waals surface area contributed by atoms with Crippen molar-refractivity contribution < 1.29 is 0 Å². The Balaban J connectivity index is 1.81. The molecule has 0 aromatic carbocycles. The van der Waals surface area contributed by atoms with Crippen molar-refractivity contribution in [2.75, 3.05) is 0 Å². The van der Waals surface area contributed by atoms with Gasteiger partial charge in [-0.1, -0.05) is 6.42 Å². The number of hydrogen-bond acceptors (Lipinski definition) is 4. The van der Waals surface area contributed by atoms with Crippen molar-refractivity contribution in [3.63, 3.8) is 0 Å². The third kappa shape index (κ3) is 2.51. The Morgan fingerprint density at radius 2 is 2.04 bits per heavy atom. The van der Waals surface area contributed by atoms with Gasteiger partial charge >= 0.3 is 0 Å². The lowest BCUT2D eigenvalue weighted by atomic mass is 10.1. The summed E-state index contributed by atoms with van der Waals surface area (Å²) in [5, 5.41) is 0.858. The first kappa shape index (κ1) is 14.6. The maximum atomic E-state index is 13.0. The van der Waals surface area contributed by atoms with Gasteiger partial charge in [0.05, 0.1) is 30.3 Å². The van der Waals surface area contributed by atoms with Gasteiger partial charge in [0.15, 0.2) is 0 Å². The molecule has 5 nitrogen and oxygen atoms in total. The van der Waals surface area contributed by atoms with Crippen molar-refractivity contribution in [1.29, 1.82) is 0 Å². The van der Waals surface area contributed by atoms with Crippen LogP contribution < -0.4 is 5.56 Å². The molecule has 1 aliphatic carbocycles. The summed E-state index contributed by atoms with van der Waals surface area (Å²) in [6.45, 7) is 3.46. The Labute approximate surface area is 138 Å². The van der Waals surface area contributed by atoms with E-state index < -0.39 is 0 Å². The van der Waals surface area contributed by atoms with Crippen LogP contribution in [0.4, 0.5) is 0 Å². The standard InChI is InChI=1S/C17H20N4OS/c1-2-20-10-18-8-12(20)9-21-11-19-16-15(17(21)22)13-6-4-3-5-7-14(13)23-16/h8,10-11H,2-7,9H2,1H3. The van der Waals surface area contributed by atoms with Gasteiger partial charge in [-0.25, -0.2) is 9.97 Å². The fourth-order valence-electron chi connectivity index (χ4n) is 3.41. The summed E-state index contributed by atoms with van der Waals surface area (Å²) in [4.78, 5) is 24.0. The molecule has 3 aromatic rings. The highest BCUT2D eigenvalue weighted by Gasteiger charge is 2.19. The minimum Gasteiger partial charge on any atom is -0.333 e. The largest absolute Gasteiger partial charge is 0.333 e. The number of aromatic nitrogens is 4. The summed E-state index contributed by atoms with van der Waals surface area (Å²) in [6, 6.07) is 0. The normalized spacial score (nSPS) is 14.8. The Kier molecular flexibility index (Phi) is 3.77. The average Bonchev–Trinajstić information content (AvgIpc) is 3.08. The molecule has 0 N–H and O–H groups in total. The van der Waals surface area contributed by atoms with Crippen LogP contribution in [0.25, 0.3) is 10.2 Å². The van der Waals surface area contributed by atoms with Gasteiger partial charge in [-0.3, -0.25) is 9.36 Å². The second kappa shape index (κ2) is 5.92. The topological polar surface area (TPSA) is 52.7 Å². The molecule has 0 spiro atoms. The smallest absolute Gasteiger partial charge is 0.262 e. The summed E-state index contributed by atoms with van der Waals surface area (Å²) in [5.74, 6) is 0. The van der Waals surface area contributed by atoms with E-state index in [1.807, 2.05) is 12.5 Å². The van der Waals surface area contributed by atoms with Crippen molar-refractivity contribution in [3.8, 4) is 0 Å². The number of nitrogens with zero attached hydrogens (tertiary/aromatic N) is 4. The highest BCUT2D eigenvalue weighted by Crippen LogP contribution is 2.32. The van der Waals surface area contributed by atoms with Gasteiger partial charge < -0.3 is 4.57 Å². The van der Waals surface area contributed by atoms with Gasteiger partial charge in [0.2, 0.25) is 0 Å². The molecular formula is C17H20N4OS. The summed E-state index contributed by atoms with van der Waals surface area (Å²) < 4.78 is 3.79. The quantitative estimate of drug-likeness (QED) is 0.695. The maximum Gasteiger partial charge on any atom is 0.262 e. The molecule has 0 aliphatic heterocycles. The first-order chi connectivity index (χ1) is 11.3. The molecule has 0 atom stereocenters. The van der Waals surface area contributed by atoms with E-state index in [-0.39, 0.29) is 5.56 Å². The van der Waals surface area contributed by atoms with Crippen molar-refractivity contribution >= 4 is 21.6 Å². The van der Waals surface area contributed by atoms with Crippen LogP contribution >= 0.6 is 11.3 Å². The van der Waals surface area contributed by atoms with Crippen LogP contribution in [0.15, 0.2) is 23.6 Å². The molecule has 0 fully saturated rings. The lowest BCUT2D eigenvalue weighted by Gasteiger charge is -2.08. The van der Waals surface area contributed by atoms with Gasteiger partial charge in [-0.15, -0.1) is 11.3 Å². The summed E-state index contributed by atoms with van der Waals surface area (Å²) >= 11 is 1.71. The number of fused-ring (bicyclic) bond motifs is 3. The van der Waals surface area contributed by atoms with E-state index in [9.17, 15) is 4.79 Å². The van der Waals surface area contributed by atoms with E-state index in [4.69, 9.17) is 0 Å². The molecule has 4 rings (SSSR count). The molecule has 0 saturated heterocycles. The monoisotopic (exact) mass is 328 g/mol. The molecule has 23 heavy (non-hydrogen) atoms. The maximum absolute atomic E-state index is 13.0. The van der Waals surface area contributed by atoms with Crippen molar-refractivity contribution in [1.82, 2.24) is 19.1 Å². The summed E-state index contributed by atoms with van der Waals surface area (Å²) in [6.07, 6.45) is 11.1. The fourth-order valence-corrected chi connectivity index (χ4v) is 4.63. The van der Waals surface area contributed by atoms with E-state index in [0.29, 0.717) is 6.54 Å². The number of imidazole rings is 1. The highest BCUT2D eigenvalue weighted by molar-refractivity contribution is 7.18. The van der Waals surface area contributed by atoms with Crippen molar-refractivity contribution in [3.05, 3.63) is 45.3 Å². The Morgan fingerprint density at radius 3 is 2.91 bits per heavy atom. The Morgan fingerprint density at radius 1 is 1.17 bits per heavy atom. The zero-order chi connectivity index (χ0) is 15.8. The van der Waals surface area contributed by atoms with Gasteiger partial charge in [-0.2, -0.15) is 0 Å². The zero-order valence-electron chi connectivity index (χ0n) is 13.3. The van der Waals surface area contributed by atoms with Crippen LogP contribution in [-0.4, -0.2) is 19.1 Å².